The molecule has 0 aromatic heterocycles. The highest BCUT2D eigenvalue weighted by Gasteiger charge is 2.28. The van der Waals surface area contributed by atoms with Gasteiger partial charge in [0.25, 0.3) is 0 Å². The standard InChI is InChI=1S/C20H34O4/c1-4-7-10-11-12-15-18(19(21)23-16-13-8-5-2)20(22)24-17-14-9-6-3/h8-9,13-14,18H,4-7,10-12,15-17H2,1-3H3. The molecule has 24 heavy (non-hydrogen) atoms. The minimum atomic E-state index is -0.809. The van der Waals surface area contributed by atoms with Gasteiger partial charge in [-0.25, -0.2) is 0 Å². The van der Waals surface area contributed by atoms with Gasteiger partial charge in [0.1, 0.15) is 13.2 Å². The third-order valence-corrected chi connectivity index (χ3v) is 3.61. The van der Waals surface area contributed by atoms with Gasteiger partial charge in [-0.15, -0.1) is 0 Å². The topological polar surface area (TPSA) is 52.6 Å². The first-order valence-electron chi connectivity index (χ1n) is 9.30. The molecule has 0 bridgehead atoms. The number of carbonyl (C=O) groups excluding carboxylic acids is 2. The van der Waals surface area contributed by atoms with Crippen molar-refractivity contribution in [1.82, 2.24) is 0 Å². The van der Waals surface area contributed by atoms with Crippen molar-refractivity contribution < 1.29 is 19.1 Å². The number of ether oxygens (including phenoxy) is 2. The summed E-state index contributed by atoms with van der Waals surface area (Å²) in [6.45, 7) is 6.60. The fourth-order valence-electron chi connectivity index (χ4n) is 2.22. The van der Waals surface area contributed by atoms with Gasteiger partial charge in [0.2, 0.25) is 0 Å². The van der Waals surface area contributed by atoms with Crippen molar-refractivity contribution in [2.75, 3.05) is 13.2 Å². The third-order valence-electron chi connectivity index (χ3n) is 3.61. The Balaban J connectivity index is 4.44. The van der Waals surface area contributed by atoms with Gasteiger partial charge < -0.3 is 9.47 Å². The van der Waals surface area contributed by atoms with Crippen LogP contribution in [0.3, 0.4) is 0 Å². The molecule has 0 aromatic rings. The Morgan fingerprint density at radius 1 is 0.750 bits per heavy atom. The van der Waals surface area contributed by atoms with Crippen LogP contribution < -0.4 is 0 Å². The SMILES string of the molecule is CCC=CCOC(=O)C(CCCCCCC)C(=O)OCC=CCC. The van der Waals surface area contributed by atoms with Gasteiger partial charge in [-0.1, -0.05) is 77.2 Å². The lowest BCUT2D eigenvalue weighted by Gasteiger charge is -2.14. The Bertz CT molecular complexity index is 355. The van der Waals surface area contributed by atoms with E-state index in [1.54, 1.807) is 12.2 Å². The van der Waals surface area contributed by atoms with Crippen LogP contribution in [-0.4, -0.2) is 25.2 Å². The van der Waals surface area contributed by atoms with E-state index in [4.69, 9.17) is 9.47 Å². The van der Waals surface area contributed by atoms with Crippen molar-refractivity contribution in [2.24, 2.45) is 5.92 Å². The first kappa shape index (κ1) is 22.4. The molecule has 0 aliphatic carbocycles. The number of hydrogen-bond donors (Lipinski definition) is 0. The Hall–Kier alpha value is -1.58. The lowest BCUT2D eigenvalue weighted by Crippen LogP contribution is -2.28. The van der Waals surface area contributed by atoms with Gasteiger partial charge in [0.15, 0.2) is 5.92 Å². The largest absolute Gasteiger partial charge is 0.461 e. The van der Waals surface area contributed by atoms with Crippen LogP contribution in [0.4, 0.5) is 0 Å². The fourth-order valence-corrected chi connectivity index (χ4v) is 2.22. The predicted octanol–water partition coefficient (Wildman–Crippen LogP) is 4.98. The lowest BCUT2D eigenvalue weighted by molar-refractivity contribution is -0.161. The summed E-state index contributed by atoms with van der Waals surface area (Å²) in [5, 5.41) is 0. The third kappa shape index (κ3) is 11.9. The zero-order chi connectivity index (χ0) is 18.0. The quantitative estimate of drug-likeness (QED) is 0.194. The molecule has 0 aliphatic rings. The average molecular weight is 338 g/mol. The highest BCUT2D eigenvalue weighted by atomic mass is 16.6. The molecule has 0 amide bonds. The van der Waals surface area contributed by atoms with Crippen molar-refractivity contribution in [3.8, 4) is 0 Å². The van der Waals surface area contributed by atoms with E-state index < -0.39 is 17.9 Å². The minimum Gasteiger partial charge on any atom is -0.461 e. The zero-order valence-electron chi connectivity index (χ0n) is 15.6. The summed E-state index contributed by atoms with van der Waals surface area (Å²) in [5.74, 6) is -1.76. The number of rotatable bonds is 14. The van der Waals surface area contributed by atoms with Gasteiger partial charge in [0.05, 0.1) is 0 Å². The zero-order valence-corrected chi connectivity index (χ0v) is 15.6. The second-order valence-electron chi connectivity index (χ2n) is 5.77. The summed E-state index contributed by atoms with van der Waals surface area (Å²) < 4.78 is 10.4. The predicted molar refractivity (Wildman–Crippen MR) is 97.6 cm³/mol. The van der Waals surface area contributed by atoms with E-state index in [1.165, 1.54) is 12.8 Å². The van der Waals surface area contributed by atoms with E-state index in [9.17, 15) is 9.59 Å². The van der Waals surface area contributed by atoms with Crippen LogP contribution in [0, 0.1) is 5.92 Å². The van der Waals surface area contributed by atoms with Gasteiger partial charge in [-0.3, -0.25) is 9.59 Å². The molecule has 0 aromatic carbocycles. The molecule has 0 fully saturated rings. The lowest BCUT2D eigenvalue weighted by atomic mass is 10.0. The van der Waals surface area contributed by atoms with Crippen molar-refractivity contribution in [3.05, 3.63) is 24.3 Å². The smallest absolute Gasteiger partial charge is 0.320 e. The Morgan fingerprint density at radius 3 is 1.71 bits per heavy atom. The molecule has 4 nitrogen and oxygen atoms in total. The van der Waals surface area contributed by atoms with Crippen molar-refractivity contribution in [3.63, 3.8) is 0 Å². The van der Waals surface area contributed by atoms with Gasteiger partial charge in [-0.05, 0) is 19.3 Å². The molecule has 0 atom stereocenters. The van der Waals surface area contributed by atoms with E-state index >= 15 is 0 Å². The van der Waals surface area contributed by atoms with Crippen molar-refractivity contribution >= 4 is 11.9 Å². The average Bonchev–Trinajstić information content (AvgIpc) is 2.58. The Morgan fingerprint density at radius 2 is 1.25 bits per heavy atom. The maximum absolute atomic E-state index is 12.2. The van der Waals surface area contributed by atoms with E-state index in [0.717, 1.165) is 32.1 Å². The minimum absolute atomic E-state index is 0.210. The van der Waals surface area contributed by atoms with Crippen LogP contribution in [0.5, 0.6) is 0 Å². The van der Waals surface area contributed by atoms with Crippen LogP contribution >= 0.6 is 0 Å². The molecular weight excluding hydrogens is 304 g/mol. The molecule has 0 aliphatic heterocycles. The van der Waals surface area contributed by atoms with E-state index in [1.807, 2.05) is 26.0 Å². The monoisotopic (exact) mass is 338 g/mol. The maximum atomic E-state index is 12.2. The van der Waals surface area contributed by atoms with Gasteiger partial charge in [-0.2, -0.15) is 0 Å². The highest BCUT2D eigenvalue weighted by molar-refractivity contribution is 5.94. The molecule has 0 N–H and O–H groups in total. The number of hydrogen-bond acceptors (Lipinski definition) is 4. The Kier molecular flexibility index (Phi) is 15.2. The first-order chi connectivity index (χ1) is 11.7. The molecule has 0 unspecified atom stereocenters. The van der Waals surface area contributed by atoms with Gasteiger partial charge in [0, 0.05) is 0 Å². The molecular formula is C20H34O4. The first-order valence-corrected chi connectivity index (χ1v) is 9.30. The number of carbonyl (C=O) groups is 2. The summed E-state index contributed by atoms with van der Waals surface area (Å²) >= 11 is 0. The van der Waals surface area contributed by atoms with Crippen LogP contribution in [0.25, 0.3) is 0 Å². The summed E-state index contributed by atoms with van der Waals surface area (Å²) in [6.07, 6.45) is 15.1. The second kappa shape index (κ2) is 16.3. The number of esters is 2. The molecule has 0 rings (SSSR count). The molecule has 0 spiro atoms. The molecule has 4 heteroatoms. The molecule has 0 saturated heterocycles. The fraction of sp³-hybridized carbons (Fsp3) is 0.700. The van der Waals surface area contributed by atoms with E-state index in [2.05, 4.69) is 6.92 Å². The second-order valence-corrected chi connectivity index (χ2v) is 5.77. The van der Waals surface area contributed by atoms with Crippen LogP contribution in [0.1, 0.15) is 72.1 Å². The normalized spacial score (nSPS) is 12.6. The number of allylic oxidation sites excluding steroid dienone is 2. The van der Waals surface area contributed by atoms with Crippen molar-refractivity contribution in [2.45, 2.75) is 72.1 Å². The van der Waals surface area contributed by atoms with Gasteiger partial charge >= 0.3 is 11.9 Å². The molecule has 138 valence electrons. The van der Waals surface area contributed by atoms with Crippen LogP contribution in [0.2, 0.25) is 0 Å². The van der Waals surface area contributed by atoms with Crippen LogP contribution in [0.15, 0.2) is 24.3 Å². The highest BCUT2D eigenvalue weighted by Crippen LogP contribution is 2.15. The van der Waals surface area contributed by atoms with E-state index in [0.29, 0.717) is 6.42 Å². The Labute approximate surface area is 147 Å². The molecule has 0 saturated carbocycles. The van der Waals surface area contributed by atoms with Crippen LogP contribution in [-0.2, 0) is 19.1 Å². The summed E-state index contributed by atoms with van der Waals surface area (Å²) in [7, 11) is 0. The summed E-state index contributed by atoms with van der Waals surface area (Å²) in [5.41, 5.74) is 0. The summed E-state index contributed by atoms with van der Waals surface area (Å²) in [4.78, 5) is 24.4. The molecule has 0 heterocycles. The van der Waals surface area contributed by atoms with E-state index in [-0.39, 0.29) is 13.2 Å². The molecule has 0 radical (unpaired) electrons. The van der Waals surface area contributed by atoms with Crippen molar-refractivity contribution in [1.29, 1.82) is 0 Å². The summed E-state index contributed by atoms with van der Waals surface area (Å²) in [6, 6.07) is 0. The number of unbranched alkanes of at least 4 members (excludes halogenated alkanes) is 4. The maximum Gasteiger partial charge on any atom is 0.320 e.